The highest BCUT2D eigenvalue weighted by molar-refractivity contribution is 5.82. The second kappa shape index (κ2) is 9.86. The third-order valence-electron chi connectivity index (χ3n) is 7.45. The van der Waals surface area contributed by atoms with Crippen LogP contribution < -0.4 is 10.1 Å². The van der Waals surface area contributed by atoms with Crippen molar-refractivity contribution in [2.24, 2.45) is 11.3 Å². The number of piperidine rings is 1. The number of carbonyl (C=O) groups is 1. The molecule has 2 unspecified atom stereocenters. The lowest BCUT2D eigenvalue weighted by Crippen LogP contribution is -2.38. The average molecular weight is 421 g/mol. The van der Waals surface area contributed by atoms with E-state index >= 15 is 0 Å². The first kappa shape index (κ1) is 21.9. The Morgan fingerprint density at radius 3 is 2.68 bits per heavy atom. The maximum Gasteiger partial charge on any atom is 0.223 e. The Bertz CT molecular complexity index is 859. The highest BCUT2D eigenvalue weighted by atomic mass is 16.5. The number of hydrogen-bond donors (Lipinski definition) is 1. The van der Waals surface area contributed by atoms with Crippen LogP contribution in [0.3, 0.4) is 0 Å². The van der Waals surface area contributed by atoms with Crippen LogP contribution in [0.4, 0.5) is 0 Å². The smallest absolute Gasteiger partial charge is 0.223 e. The molecule has 4 nitrogen and oxygen atoms in total. The Labute approximate surface area is 187 Å². The molecule has 2 atom stereocenters. The largest absolute Gasteiger partial charge is 0.497 e. The minimum absolute atomic E-state index is 0.225. The molecule has 2 aliphatic rings. The van der Waals surface area contributed by atoms with Crippen LogP contribution in [0.15, 0.2) is 54.6 Å². The summed E-state index contributed by atoms with van der Waals surface area (Å²) in [6.45, 7) is 6.45. The Balaban J connectivity index is 1.16. The van der Waals surface area contributed by atoms with Crippen molar-refractivity contribution in [2.45, 2.75) is 44.9 Å². The molecule has 1 spiro atoms. The van der Waals surface area contributed by atoms with Crippen LogP contribution in [-0.4, -0.2) is 44.1 Å². The minimum Gasteiger partial charge on any atom is -0.497 e. The molecule has 1 N–H and O–H groups in total. The molecule has 1 amide bonds. The van der Waals surface area contributed by atoms with Gasteiger partial charge in [-0.05, 0) is 86.3 Å². The van der Waals surface area contributed by atoms with E-state index in [9.17, 15) is 4.79 Å². The van der Waals surface area contributed by atoms with Crippen LogP contribution in [-0.2, 0) is 11.2 Å². The molecule has 4 rings (SSSR count). The molecule has 1 heterocycles. The second-order valence-corrected chi connectivity index (χ2v) is 9.45. The number of methoxy groups -OCH3 is 1. The summed E-state index contributed by atoms with van der Waals surface area (Å²) in [5.74, 6) is 1.95. The SMILES string of the molecule is COc1cccc(CCNC(=O)C2CC23CCN(CCC(C)c2ccccc2)CC3)c1. The number of ether oxygens (including phenoxy) is 1. The first-order valence-electron chi connectivity index (χ1n) is 11.8. The van der Waals surface area contributed by atoms with E-state index < -0.39 is 0 Å². The van der Waals surface area contributed by atoms with Crippen molar-refractivity contribution in [3.63, 3.8) is 0 Å². The van der Waals surface area contributed by atoms with Crippen LogP contribution in [0.2, 0.25) is 0 Å². The van der Waals surface area contributed by atoms with E-state index in [1.54, 1.807) is 7.11 Å². The second-order valence-electron chi connectivity index (χ2n) is 9.45. The Morgan fingerprint density at radius 1 is 1.16 bits per heavy atom. The van der Waals surface area contributed by atoms with Gasteiger partial charge in [-0.2, -0.15) is 0 Å². The number of nitrogens with zero attached hydrogens (tertiary/aromatic N) is 1. The fourth-order valence-corrected chi connectivity index (χ4v) is 5.10. The van der Waals surface area contributed by atoms with E-state index in [0.717, 1.165) is 38.2 Å². The number of rotatable bonds is 9. The van der Waals surface area contributed by atoms with Gasteiger partial charge in [0.05, 0.1) is 7.11 Å². The lowest BCUT2D eigenvalue weighted by atomic mass is 9.90. The number of nitrogens with one attached hydrogen (secondary N) is 1. The fraction of sp³-hybridized carbons (Fsp3) is 0.519. The van der Waals surface area contributed by atoms with Gasteiger partial charge < -0.3 is 15.0 Å². The molecule has 4 heteroatoms. The molecule has 2 fully saturated rings. The van der Waals surface area contributed by atoms with Crippen molar-refractivity contribution >= 4 is 5.91 Å². The molecule has 2 aromatic carbocycles. The number of benzene rings is 2. The topological polar surface area (TPSA) is 41.6 Å². The van der Waals surface area contributed by atoms with E-state index in [0.29, 0.717) is 12.5 Å². The van der Waals surface area contributed by atoms with Gasteiger partial charge in [0.2, 0.25) is 5.91 Å². The Kier molecular flexibility index (Phi) is 6.96. The summed E-state index contributed by atoms with van der Waals surface area (Å²) in [5.41, 5.74) is 2.91. The minimum atomic E-state index is 0.225. The summed E-state index contributed by atoms with van der Waals surface area (Å²) in [5, 5.41) is 3.18. The van der Waals surface area contributed by atoms with Crippen molar-refractivity contribution in [2.75, 3.05) is 33.3 Å². The Hall–Kier alpha value is -2.33. The van der Waals surface area contributed by atoms with Crippen molar-refractivity contribution in [1.29, 1.82) is 0 Å². The van der Waals surface area contributed by atoms with Gasteiger partial charge in [-0.15, -0.1) is 0 Å². The van der Waals surface area contributed by atoms with Gasteiger partial charge in [-0.1, -0.05) is 49.4 Å². The summed E-state index contributed by atoms with van der Waals surface area (Å²) in [4.78, 5) is 15.3. The lowest BCUT2D eigenvalue weighted by Gasteiger charge is -2.33. The van der Waals surface area contributed by atoms with Crippen LogP contribution in [0.1, 0.15) is 49.7 Å². The zero-order valence-corrected chi connectivity index (χ0v) is 19.0. The molecular weight excluding hydrogens is 384 g/mol. The third kappa shape index (κ3) is 5.48. The quantitative estimate of drug-likeness (QED) is 0.642. The van der Waals surface area contributed by atoms with Gasteiger partial charge in [0.15, 0.2) is 0 Å². The first-order chi connectivity index (χ1) is 15.1. The normalized spacial score (nSPS) is 20.9. The summed E-state index contributed by atoms with van der Waals surface area (Å²) in [7, 11) is 1.68. The number of amides is 1. The summed E-state index contributed by atoms with van der Waals surface area (Å²) in [6, 6.07) is 18.9. The molecule has 0 radical (unpaired) electrons. The van der Waals surface area contributed by atoms with Gasteiger partial charge >= 0.3 is 0 Å². The van der Waals surface area contributed by atoms with Crippen molar-refractivity contribution < 1.29 is 9.53 Å². The van der Waals surface area contributed by atoms with Gasteiger partial charge in [0.1, 0.15) is 5.75 Å². The predicted octanol–water partition coefficient (Wildman–Crippen LogP) is 4.65. The third-order valence-corrected chi connectivity index (χ3v) is 7.45. The van der Waals surface area contributed by atoms with Crippen molar-refractivity contribution in [3.05, 3.63) is 65.7 Å². The molecule has 0 aromatic heterocycles. The van der Waals surface area contributed by atoms with Crippen LogP contribution in [0.5, 0.6) is 5.75 Å². The number of hydrogen-bond acceptors (Lipinski definition) is 3. The van der Waals surface area contributed by atoms with Gasteiger partial charge in [0, 0.05) is 12.5 Å². The molecule has 1 aliphatic heterocycles. The highest BCUT2D eigenvalue weighted by Gasteiger charge is 2.58. The average Bonchev–Trinajstić information content (AvgIpc) is 3.52. The van der Waals surface area contributed by atoms with Crippen LogP contribution in [0, 0.1) is 11.3 Å². The summed E-state index contributed by atoms with van der Waals surface area (Å²) < 4.78 is 5.28. The fourth-order valence-electron chi connectivity index (χ4n) is 5.10. The summed E-state index contributed by atoms with van der Waals surface area (Å²) in [6.07, 6.45) is 5.45. The first-order valence-corrected chi connectivity index (χ1v) is 11.8. The van der Waals surface area contributed by atoms with Crippen molar-refractivity contribution in [1.82, 2.24) is 10.2 Å². The standard InChI is InChI=1S/C27H36N2O2/c1-21(23-8-4-3-5-9-23)12-16-29-17-13-27(14-18-29)20-25(27)26(30)28-15-11-22-7-6-10-24(19-22)31-2/h3-10,19,21,25H,11-18,20H2,1-2H3,(H,28,30). The molecule has 0 bridgehead atoms. The maximum atomic E-state index is 12.7. The maximum absolute atomic E-state index is 12.7. The van der Waals surface area contributed by atoms with Gasteiger partial charge in [0.25, 0.3) is 0 Å². The van der Waals surface area contributed by atoms with E-state index in [4.69, 9.17) is 4.74 Å². The summed E-state index contributed by atoms with van der Waals surface area (Å²) >= 11 is 0. The molecule has 1 aliphatic carbocycles. The van der Waals surface area contributed by atoms with E-state index in [2.05, 4.69) is 53.5 Å². The number of likely N-dealkylation sites (tertiary alicyclic amines) is 1. The predicted molar refractivity (Wildman–Crippen MR) is 125 cm³/mol. The Morgan fingerprint density at radius 2 is 1.94 bits per heavy atom. The van der Waals surface area contributed by atoms with E-state index in [1.807, 2.05) is 18.2 Å². The molecule has 1 saturated heterocycles. The molecule has 166 valence electrons. The zero-order valence-electron chi connectivity index (χ0n) is 19.0. The lowest BCUT2D eigenvalue weighted by molar-refractivity contribution is -0.123. The van der Waals surface area contributed by atoms with Crippen LogP contribution in [0.25, 0.3) is 0 Å². The van der Waals surface area contributed by atoms with E-state index in [-0.39, 0.29) is 17.2 Å². The zero-order chi connectivity index (χ0) is 21.7. The van der Waals surface area contributed by atoms with Crippen molar-refractivity contribution in [3.8, 4) is 5.75 Å². The van der Waals surface area contributed by atoms with Gasteiger partial charge in [-0.25, -0.2) is 0 Å². The van der Waals surface area contributed by atoms with Gasteiger partial charge in [-0.3, -0.25) is 4.79 Å². The van der Waals surface area contributed by atoms with Crippen LogP contribution >= 0.6 is 0 Å². The number of carbonyl (C=O) groups excluding carboxylic acids is 1. The highest BCUT2D eigenvalue weighted by Crippen LogP contribution is 2.59. The monoisotopic (exact) mass is 420 g/mol. The molecular formula is C27H36N2O2. The molecule has 1 saturated carbocycles. The molecule has 2 aromatic rings. The van der Waals surface area contributed by atoms with E-state index in [1.165, 1.54) is 30.4 Å². The molecule has 31 heavy (non-hydrogen) atoms.